The summed E-state index contributed by atoms with van der Waals surface area (Å²) < 4.78 is 62.9. The second-order valence-corrected chi connectivity index (χ2v) is 10.2. The van der Waals surface area contributed by atoms with Gasteiger partial charge in [0, 0.05) is 0 Å². The Bertz CT molecular complexity index is 1030. The van der Waals surface area contributed by atoms with E-state index < -0.39 is 15.6 Å². The van der Waals surface area contributed by atoms with Crippen LogP contribution < -0.4 is 0 Å². The van der Waals surface area contributed by atoms with Crippen molar-refractivity contribution >= 4 is 29.7 Å². The molecule has 0 saturated carbocycles. The fourth-order valence-electron chi connectivity index (χ4n) is 3.03. The molecule has 0 fully saturated rings. The van der Waals surface area contributed by atoms with Gasteiger partial charge in [-0.1, -0.05) is 0 Å². The zero-order valence-electron chi connectivity index (χ0n) is 18.6. The van der Waals surface area contributed by atoms with Gasteiger partial charge in [0.1, 0.15) is 0 Å². The van der Waals surface area contributed by atoms with Gasteiger partial charge in [-0.25, -0.2) is 8.42 Å². The second kappa shape index (κ2) is 13.5. The van der Waals surface area contributed by atoms with Gasteiger partial charge in [0.05, 0.1) is 0 Å². The van der Waals surface area contributed by atoms with Crippen LogP contribution >= 0.6 is 0 Å². The molecule has 2 aromatic carbocycles. The third-order valence-corrected chi connectivity index (χ3v) is 7.13. The molecule has 180 valence electrons. The number of hydrogen-bond acceptors (Lipinski definition) is 3. The van der Waals surface area contributed by atoms with Gasteiger partial charge in [-0.2, -0.15) is 13.2 Å². The molecule has 0 radical (unpaired) electrons. The van der Waals surface area contributed by atoms with Crippen LogP contribution in [0.2, 0.25) is 5.82 Å². The van der Waals surface area contributed by atoms with E-state index in [1.807, 2.05) is 12.2 Å². The van der Waals surface area contributed by atoms with Crippen molar-refractivity contribution in [3.05, 3.63) is 96.6 Å². The molecule has 0 spiro atoms. The minimum atomic E-state index is -6.09. The van der Waals surface area contributed by atoms with Crippen LogP contribution in [0.5, 0.6) is 0 Å². The van der Waals surface area contributed by atoms with Crippen LogP contribution in [0.4, 0.5) is 13.2 Å². The Morgan fingerprint density at radius 3 is 2.06 bits per heavy atom. The van der Waals surface area contributed by atoms with Crippen LogP contribution in [0.15, 0.2) is 79.9 Å². The van der Waals surface area contributed by atoms with Crippen molar-refractivity contribution in [2.24, 2.45) is 0 Å². The van der Waals surface area contributed by atoms with E-state index in [9.17, 15) is 13.2 Å². The van der Waals surface area contributed by atoms with Gasteiger partial charge in [0.25, 0.3) is 0 Å². The average molecular weight is 547 g/mol. The van der Waals surface area contributed by atoms with E-state index in [0.717, 1.165) is 19.5 Å². The zero-order chi connectivity index (χ0) is 25.1. The molecule has 0 saturated heterocycles. The Hall–Kier alpha value is -2.19. The Labute approximate surface area is 200 Å². The smallest absolute Gasteiger partial charge is 0.485 e. The van der Waals surface area contributed by atoms with Crippen molar-refractivity contribution in [2.45, 2.75) is 37.1 Å². The van der Waals surface area contributed by atoms with Crippen molar-refractivity contribution in [2.75, 3.05) is 6.54 Å². The molecule has 1 unspecified atom stereocenters. The number of alkyl halides is 3. The molecule has 0 bridgehead atoms. The molecule has 33 heavy (non-hydrogen) atoms. The molecule has 0 aliphatic heterocycles. The summed E-state index contributed by atoms with van der Waals surface area (Å²) in [5.41, 5.74) is -1.62. The first kappa shape index (κ1) is 28.8. The molecule has 0 aromatic heterocycles. The first-order valence-corrected chi connectivity index (χ1v) is 13.9. The number of aryl methyl sites for hydroxylation is 1. The number of halogens is 3. The number of rotatable bonds is 9. The predicted octanol–water partition coefficient (Wildman–Crippen LogP) is 5.26. The summed E-state index contributed by atoms with van der Waals surface area (Å²) in [6.45, 7) is 11.9. The van der Waals surface area contributed by atoms with Crippen LogP contribution in [0.3, 0.4) is 0 Å². The van der Waals surface area contributed by atoms with Gasteiger partial charge in [-0.05, 0) is 0 Å². The molecule has 9 heteroatoms. The fraction of sp³-hybridized carbons (Fsp3) is 0.292. The van der Waals surface area contributed by atoms with E-state index in [1.165, 1.54) is 21.3 Å². The van der Waals surface area contributed by atoms with Crippen LogP contribution in [0, 0.1) is 6.92 Å². The number of benzene rings is 2. The van der Waals surface area contributed by atoms with Crippen molar-refractivity contribution in [1.29, 1.82) is 0 Å². The molecule has 2 rings (SSSR count). The third-order valence-electron chi connectivity index (χ3n) is 4.55. The maximum atomic E-state index is 10.7. The van der Waals surface area contributed by atoms with Crippen LogP contribution in [-0.4, -0.2) is 49.2 Å². The fourth-order valence-corrected chi connectivity index (χ4v) is 4.94. The number of nitrogens with zero attached hydrogens (tertiary/aromatic N) is 1. The zero-order valence-corrected chi connectivity index (χ0v) is 21.1. The van der Waals surface area contributed by atoms with E-state index in [0.29, 0.717) is 20.9 Å². The minimum absolute atomic E-state index is 0.397. The predicted molar refractivity (Wildman–Crippen MR) is 127 cm³/mol. The summed E-state index contributed by atoms with van der Waals surface area (Å²) in [7, 11) is -6.09. The number of hydrogen-bond donors (Lipinski definition) is 0. The molecule has 0 aliphatic carbocycles. The van der Waals surface area contributed by atoms with Gasteiger partial charge in [-0.15, -0.1) is 0 Å². The van der Waals surface area contributed by atoms with E-state index in [2.05, 4.69) is 85.1 Å². The molecular formula is C24H28F3NO3SSe. The first-order valence-electron chi connectivity index (χ1n) is 9.94. The Morgan fingerprint density at radius 2 is 1.64 bits per heavy atom. The van der Waals surface area contributed by atoms with E-state index in [4.69, 9.17) is 13.0 Å². The summed E-state index contributed by atoms with van der Waals surface area (Å²) in [6, 6.07) is 19.7. The van der Waals surface area contributed by atoms with Crippen LogP contribution in [0.1, 0.15) is 29.0 Å². The van der Waals surface area contributed by atoms with Crippen molar-refractivity contribution in [3.8, 4) is 0 Å². The summed E-state index contributed by atoms with van der Waals surface area (Å²) in [4.78, 5) is 0. The largest absolute Gasteiger partial charge is 0.741 e. The normalized spacial score (nSPS) is 13.3. The van der Waals surface area contributed by atoms with Gasteiger partial charge >= 0.3 is 164 Å². The quantitative estimate of drug-likeness (QED) is 0.108. The molecule has 4 nitrogen and oxygen atoms in total. The van der Waals surface area contributed by atoms with E-state index >= 15 is 0 Å². The monoisotopic (exact) mass is 547 g/mol. The molecule has 1 atom stereocenters. The van der Waals surface area contributed by atoms with Gasteiger partial charge < -0.3 is 4.55 Å². The van der Waals surface area contributed by atoms with E-state index in [1.54, 1.807) is 0 Å². The first-order chi connectivity index (χ1) is 15.4. The third kappa shape index (κ3) is 9.68. The van der Waals surface area contributed by atoms with Crippen molar-refractivity contribution in [1.82, 2.24) is 0 Å². The average Bonchev–Trinajstić information content (AvgIpc) is 2.75. The maximum Gasteiger partial charge on any atom is 0.485 e. The Morgan fingerprint density at radius 1 is 1.09 bits per heavy atom. The van der Waals surface area contributed by atoms with Crippen molar-refractivity contribution < 1.29 is 30.7 Å². The second-order valence-electron chi connectivity index (χ2n) is 7.08. The molecular weight excluding hydrogens is 518 g/mol. The summed E-state index contributed by atoms with van der Waals surface area (Å²) in [5.74, 6) is 2.71. The summed E-state index contributed by atoms with van der Waals surface area (Å²) in [5, 5.41) is 0. The maximum absolute atomic E-state index is 10.7. The molecule has 2 aromatic rings. The molecule has 0 N–H and O–H groups in total. The van der Waals surface area contributed by atoms with E-state index in [-0.39, 0.29) is 0 Å². The Kier molecular flexibility index (Phi) is 11.8. The van der Waals surface area contributed by atoms with Crippen LogP contribution in [-0.2, 0) is 16.7 Å². The van der Waals surface area contributed by atoms with Gasteiger partial charge in [0.15, 0.2) is 10.1 Å². The molecule has 0 heterocycles. The molecule has 0 aliphatic rings. The van der Waals surface area contributed by atoms with Crippen LogP contribution in [0.25, 0.3) is 0 Å². The topological polar surface area (TPSA) is 60.2 Å². The minimum Gasteiger partial charge on any atom is -0.741 e. The van der Waals surface area contributed by atoms with Gasteiger partial charge in [0.2, 0.25) is 0 Å². The number of allylic oxidation sites excluding steroid dienone is 1. The molecule has 0 amide bonds. The van der Waals surface area contributed by atoms with Crippen molar-refractivity contribution in [3.63, 3.8) is 0 Å². The standard InChI is InChI=1S/C23H28NSe.CHF3O3S/c1-5-10-22(21-11-8-7-9-12-21)23(25-4)24(17-6-2)18-20-15-13-19(3)14-16-20;2-1(3,4)8(5,6)7/h5-9,11-16,22H,1-2,10,17-18H2,3-4H3;(H,5,6,7)/q+1;/p-1. The Balaban J connectivity index is 0.000000582. The SMILES string of the molecule is C=CCC(C([Se]C)=[N+](CC=C)Cc1ccc(C)cc1)c1ccccc1.O=S(=O)([O-])C(F)(F)F. The van der Waals surface area contributed by atoms with Gasteiger partial charge in [-0.3, -0.25) is 0 Å². The summed E-state index contributed by atoms with van der Waals surface area (Å²) >= 11 is 0.414. The summed E-state index contributed by atoms with van der Waals surface area (Å²) in [6.07, 6.45) is 5.02.